The first-order valence-corrected chi connectivity index (χ1v) is 12.9. The molecule has 2 atom stereocenters. The minimum atomic E-state index is -3.90. The molecule has 174 valence electrons. The van der Waals surface area contributed by atoms with Crippen LogP contribution in [-0.4, -0.2) is 22.3 Å². The van der Waals surface area contributed by atoms with E-state index in [4.69, 9.17) is 18.0 Å². The third-order valence-electron chi connectivity index (χ3n) is 4.79. The molecule has 0 aromatic heterocycles. The van der Waals surface area contributed by atoms with Crippen molar-refractivity contribution in [2.24, 2.45) is 5.73 Å². The molecule has 0 fully saturated rings. The number of rotatable bonds is 9. The Morgan fingerprint density at radius 2 is 1.58 bits per heavy atom. The normalized spacial score (nSPS) is 13.2. The predicted molar refractivity (Wildman–Crippen MR) is 132 cm³/mol. The molecule has 0 heterocycles. The van der Waals surface area contributed by atoms with Gasteiger partial charge < -0.3 is 15.6 Å². The lowest BCUT2D eigenvalue weighted by Crippen LogP contribution is -2.34. The number of hydrogen-bond donors (Lipinski definition) is 4. The Hall–Kier alpha value is -2.67. The van der Waals surface area contributed by atoms with Crippen LogP contribution in [0.2, 0.25) is 0 Å². The Kier molecular flexibility index (Phi) is 8.67. The summed E-state index contributed by atoms with van der Waals surface area (Å²) in [6, 6.07) is 22.0. The zero-order chi connectivity index (χ0) is 23.8. The fraction of sp³-hybridized carbons (Fsp3) is 0.136. The predicted octanol–water partition coefficient (Wildman–Crippen LogP) is 2.49. The van der Waals surface area contributed by atoms with Crippen LogP contribution in [0.1, 0.15) is 22.7 Å². The molecule has 33 heavy (non-hydrogen) atoms. The Labute approximate surface area is 201 Å². The number of hydrogen-bond acceptors (Lipinski definition) is 6. The van der Waals surface area contributed by atoms with Crippen LogP contribution in [-0.2, 0) is 34.3 Å². The van der Waals surface area contributed by atoms with Crippen LogP contribution in [0.25, 0.3) is 0 Å². The van der Waals surface area contributed by atoms with Gasteiger partial charge in [-0.1, -0.05) is 54.6 Å². The SMILES string of the molecule is NCc1ccc(NC(=S)NS(=O)(=O)c2ccc(CC(NS(=O)[O-])c3ccccc3)cc2)cc1. The van der Waals surface area contributed by atoms with E-state index < -0.39 is 27.3 Å². The third-order valence-corrected chi connectivity index (χ3v) is 6.96. The van der Waals surface area contributed by atoms with E-state index in [0.717, 1.165) is 16.7 Å². The van der Waals surface area contributed by atoms with Gasteiger partial charge in [0.05, 0.1) is 4.90 Å². The molecule has 11 heteroatoms. The van der Waals surface area contributed by atoms with E-state index in [1.807, 2.05) is 42.5 Å². The summed E-state index contributed by atoms with van der Waals surface area (Å²) in [5.41, 5.74) is 8.71. The molecule has 2 unspecified atom stereocenters. The number of thiocarbonyl (C=S) groups is 1. The number of anilines is 1. The molecule has 0 saturated heterocycles. The van der Waals surface area contributed by atoms with Gasteiger partial charge in [0.25, 0.3) is 10.0 Å². The lowest BCUT2D eigenvalue weighted by Gasteiger charge is -2.20. The molecule has 0 aliphatic rings. The van der Waals surface area contributed by atoms with Gasteiger partial charge in [-0.05, 0) is 59.6 Å². The molecule has 0 aliphatic carbocycles. The van der Waals surface area contributed by atoms with Gasteiger partial charge in [0.15, 0.2) is 5.11 Å². The smallest absolute Gasteiger partial charge is 0.263 e. The summed E-state index contributed by atoms with van der Waals surface area (Å²) in [4.78, 5) is 0.0329. The van der Waals surface area contributed by atoms with Gasteiger partial charge >= 0.3 is 0 Å². The van der Waals surface area contributed by atoms with E-state index in [-0.39, 0.29) is 10.0 Å². The maximum Gasteiger partial charge on any atom is 0.263 e. The summed E-state index contributed by atoms with van der Waals surface area (Å²) in [6.07, 6.45) is 0.352. The van der Waals surface area contributed by atoms with Crippen molar-refractivity contribution >= 4 is 44.3 Å². The molecule has 0 radical (unpaired) electrons. The van der Waals surface area contributed by atoms with E-state index in [0.29, 0.717) is 18.7 Å². The van der Waals surface area contributed by atoms with Crippen LogP contribution in [0, 0.1) is 0 Å². The minimum absolute atomic E-state index is 0.0329. The van der Waals surface area contributed by atoms with Crippen LogP contribution in [0.4, 0.5) is 5.69 Å². The molecular weight excluding hydrogens is 480 g/mol. The van der Waals surface area contributed by atoms with Crippen LogP contribution in [0.5, 0.6) is 0 Å². The Balaban J connectivity index is 1.67. The lowest BCUT2D eigenvalue weighted by atomic mass is 10.00. The topological polar surface area (TPSA) is 136 Å². The highest BCUT2D eigenvalue weighted by Gasteiger charge is 2.17. The van der Waals surface area contributed by atoms with Gasteiger partial charge in [0.1, 0.15) is 0 Å². The van der Waals surface area contributed by atoms with E-state index in [9.17, 15) is 17.2 Å². The highest BCUT2D eigenvalue weighted by atomic mass is 32.2. The standard InChI is InChI=1S/C22H24N4O4S3/c23-15-17-6-10-19(11-7-17)24-22(31)26-33(29,30)20-12-8-16(9-13-20)14-21(25-32(27)28)18-4-2-1-3-5-18/h1-13,21,25H,14-15,23H2,(H,27,28)(H2,24,26,31)/p-1. The number of benzene rings is 3. The van der Waals surface area contributed by atoms with Gasteiger partial charge in [-0.3, -0.25) is 8.93 Å². The van der Waals surface area contributed by atoms with Gasteiger partial charge in [-0.2, -0.15) is 0 Å². The summed E-state index contributed by atoms with van der Waals surface area (Å²) >= 11 is 2.68. The fourth-order valence-electron chi connectivity index (χ4n) is 3.13. The van der Waals surface area contributed by atoms with Crippen molar-refractivity contribution in [2.75, 3.05) is 5.32 Å². The molecule has 3 aromatic carbocycles. The first kappa shape index (κ1) is 25.0. The maximum absolute atomic E-state index is 12.7. The van der Waals surface area contributed by atoms with E-state index in [1.165, 1.54) is 12.1 Å². The molecule has 0 bridgehead atoms. The largest absolute Gasteiger partial charge is 0.760 e. The highest BCUT2D eigenvalue weighted by molar-refractivity contribution is 7.92. The molecule has 3 aromatic rings. The molecule has 0 saturated carbocycles. The first-order valence-electron chi connectivity index (χ1n) is 9.89. The van der Waals surface area contributed by atoms with Gasteiger partial charge in [0, 0.05) is 29.5 Å². The third kappa shape index (κ3) is 7.42. The second-order valence-electron chi connectivity index (χ2n) is 7.12. The average molecular weight is 504 g/mol. The molecular formula is C22H23N4O4S3-. The second-order valence-corrected chi connectivity index (χ2v) is 9.92. The zero-order valence-electron chi connectivity index (χ0n) is 17.4. The Morgan fingerprint density at radius 3 is 2.15 bits per heavy atom. The summed E-state index contributed by atoms with van der Waals surface area (Å²) in [5, 5.41) is 2.76. The van der Waals surface area contributed by atoms with Crippen molar-refractivity contribution in [3.8, 4) is 0 Å². The van der Waals surface area contributed by atoms with Crippen molar-refractivity contribution in [1.82, 2.24) is 9.44 Å². The van der Waals surface area contributed by atoms with E-state index in [1.54, 1.807) is 24.3 Å². The number of nitrogens with one attached hydrogen (secondary N) is 3. The van der Waals surface area contributed by atoms with Crippen LogP contribution in [0.3, 0.4) is 0 Å². The van der Waals surface area contributed by atoms with Crippen molar-refractivity contribution in [3.05, 3.63) is 95.6 Å². The van der Waals surface area contributed by atoms with Crippen LogP contribution < -0.4 is 20.5 Å². The van der Waals surface area contributed by atoms with Crippen molar-refractivity contribution in [1.29, 1.82) is 0 Å². The summed E-state index contributed by atoms with van der Waals surface area (Å²) in [6.45, 7) is 0.407. The van der Waals surface area contributed by atoms with Crippen molar-refractivity contribution in [2.45, 2.75) is 23.9 Å². The van der Waals surface area contributed by atoms with E-state index >= 15 is 0 Å². The number of nitrogens with two attached hydrogens (primary N) is 1. The average Bonchev–Trinajstić information content (AvgIpc) is 2.79. The molecule has 0 spiro atoms. The van der Waals surface area contributed by atoms with Gasteiger partial charge in [0.2, 0.25) is 0 Å². The van der Waals surface area contributed by atoms with Gasteiger partial charge in [-0.15, -0.1) is 0 Å². The Bertz CT molecular complexity index is 1200. The summed E-state index contributed by atoms with van der Waals surface area (Å²) < 4.78 is 52.6. The van der Waals surface area contributed by atoms with Crippen LogP contribution >= 0.6 is 12.2 Å². The molecule has 0 aliphatic heterocycles. The highest BCUT2D eigenvalue weighted by Crippen LogP contribution is 2.20. The second kappa shape index (κ2) is 11.5. The zero-order valence-corrected chi connectivity index (χ0v) is 19.9. The van der Waals surface area contributed by atoms with E-state index in [2.05, 4.69) is 14.8 Å². The molecule has 3 rings (SSSR count). The lowest BCUT2D eigenvalue weighted by molar-refractivity contribution is 0.504. The molecule has 0 amide bonds. The molecule has 5 N–H and O–H groups in total. The quantitative estimate of drug-likeness (QED) is 0.260. The van der Waals surface area contributed by atoms with Crippen molar-refractivity contribution in [3.63, 3.8) is 0 Å². The maximum atomic E-state index is 12.7. The fourth-order valence-corrected chi connectivity index (χ4v) is 4.94. The first-order chi connectivity index (χ1) is 15.8. The minimum Gasteiger partial charge on any atom is -0.760 e. The Morgan fingerprint density at radius 1 is 0.970 bits per heavy atom. The molecule has 8 nitrogen and oxygen atoms in total. The summed E-state index contributed by atoms with van der Waals surface area (Å²) in [7, 11) is -3.90. The number of sulfonamides is 1. The van der Waals surface area contributed by atoms with Crippen molar-refractivity contribution < 1.29 is 17.2 Å². The van der Waals surface area contributed by atoms with Crippen LogP contribution in [0.15, 0.2) is 83.8 Å². The van der Waals surface area contributed by atoms with Gasteiger partial charge in [-0.25, -0.2) is 13.1 Å². The summed E-state index contributed by atoms with van der Waals surface area (Å²) in [5.74, 6) is 0. The monoisotopic (exact) mass is 503 g/mol.